The monoisotopic (exact) mass is 655 g/mol. The van der Waals surface area contributed by atoms with E-state index < -0.39 is 29.1 Å². The summed E-state index contributed by atoms with van der Waals surface area (Å²) in [6.07, 6.45) is -0.113. The van der Waals surface area contributed by atoms with Crippen molar-refractivity contribution in [3.63, 3.8) is 0 Å². The number of fused-ring (bicyclic) bond motifs is 2. The maximum atomic E-state index is 14.4. The van der Waals surface area contributed by atoms with Crippen molar-refractivity contribution in [3.8, 4) is 5.75 Å². The molecule has 3 aromatic carbocycles. The van der Waals surface area contributed by atoms with Gasteiger partial charge in [0, 0.05) is 51.6 Å². The molecule has 3 heterocycles. The first-order chi connectivity index (χ1) is 20.8. The largest absolute Gasteiger partial charge is 0.488 e. The Hall–Kier alpha value is -3.46. The van der Waals surface area contributed by atoms with Crippen LogP contribution < -0.4 is 15.4 Å². The molecule has 2 saturated heterocycles. The second-order valence-corrected chi connectivity index (χ2v) is 13.8. The van der Waals surface area contributed by atoms with Crippen molar-refractivity contribution in [2.24, 2.45) is 0 Å². The summed E-state index contributed by atoms with van der Waals surface area (Å²) in [6, 6.07) is 16.8. The molecule has 11 heteroatoms. The number of amides is 3. The first-order valence-electron chi connectivity index (χ1n) is 14.5. The van der Waals surface area contributed by atoms with Crippen LogP contribution in [0.25, 0.3) is 0 Å². The summed E-state index contributed by atoms with van der Waals surface area (Å²) < 4.78 is 12.1. The lowest BCUT2D eigenvalue weighted by Gasteiger charge is -2.46. The molecule has 3 aromatic rings. The Bertz CT molecular complexity index is 1660. The average molecular weight is 657 g/mol. The summed E-state index contributed by atoms with van der Waals surface area (Å²) in [7, 11) is 0. The van der Waals surface area contributed by atoms with Crippen molar-refractivity contribution in [1.82, 2.24) is 10.2 Å². The number of anilines is 1. The Labute approximate surface area is 270 Å². The fraction of sp³-hybridized carbons (Fsp3) is 0.364. The molecule has 0 radical (unpaired) electrons. The highest BCUT2D eigenvalue weighted by Gasteiger charge is 2.61. The van der Waals surface area contributed by atoms with Crippen LogP contribution in [0.2, 0.25) is 15.1 Å². The minimum atomic E-state index is -1.29. The molecular formula is C33H32Cl3N3O5. The van der Waals surface area contributed by atoms with Gasteiger partial charge in [-0.25, -0.2) is 4.79 Å². The molecule has 44 heavy (non-hydrogen) atoms. The third-order valence-corrected chi connectivity index (χ3v) is 9.08. The summed E-state index contributed by atoms with van der Waals surface area (Å²) in [4.78, 5) is 42.2. The van der Waals surface area contributed by atoms with Gasteiger partial charge in [-0.3, -0.25) is 9.59 Å². The Morgan fingerprint density at radius 2 is 1.70 bits per heavy atom. The summed E-state index contributed by atoms with van der Waals surface area (Å²) in [5.41, 5.74) is 0.664. The topological polar surface area (TPSA) is 97.0 Å². The van der Waals surface area contributed by atoms with Crippen LogP contribution in [-0.2, 0) is 19.7 Å². The van der Waals surface area contributed by atoms with E-state index in [2.05, 4.69) is 10.6 Å². The van der Waals surface area contributed by atoms with Crippen LogP contribution in [0.15, 0.2) is 60.7 Å². The number of piperidine rings is 1. The number of benzene rings is 3. The summed E-state index contributed by atoms with van der Waals surface area (Å²) in [5.74, 6) is -0.642. The molecule has 2 N–H and O–H groups in total. The maximum absolute atomic E-state index is 14.4. The quantitative estimate of drug-likeness (QED) is 0.308. The molecule has 3 aliphatic heterocycles. The van der Waals surface area contributed by atoms with E-state index in [1.807, 2.05) is 39.0 Å². The van der Waals surface area contributed by atoms with Crippen LogP contribution in [0.1, 0.15) is 62.3 Å². The number of halogens is 3. The molecule has 3 aliphatic rings. The lowest BCUT2D eigenvalue weighted by atomic mass is 9.59. The zero-order valence-electron chi connectivity index (χ0n) is 24.5. The van der Waals surface area contributed by atoms with Crippen molar-refractivity contribution >= 4 is 58.4 Å². The second kappa shape index (κ2) is 11.5. The smallest absolute Gasteiger partial charge is 0.410 e. The minimum Gasteiger partial charge on any atom is -0.488 e. The van der Waals surface area contributed by atoms with Gasteiger partial charge in [0.05, 0.1) is 12.6 Å². The fourth-order valence-electron chi connectivity index (χ4n) is 6.62. The molecule has 6 rings (SSSR count). The van der Waals surface area contributed by atoms with Crippen LogP contribution in [-0.4, -0.2) is 47.6 Å². The molecule has 3 amide bonds. The highest BCUT2D eigenvalue weighted by atomic mass is 35.5. The highest BCUT2D eigenvalue weighted by Crippen LogP contribution is 2.58. The maximum Gasteiger partial charge on any atom is 0.410 e. The summed E-state index contributed by atoms with van der Waals surface area (Å²) in [6.45, 7) is 6.27. The van der Waals surface area contributed by atoms with E-state index in [4.69, 9.17) is 44.3 Å². The highest BCUT2D eigenvalue weighted by molar-refractivity contribution is 6.31. The van der Waals surface area contributed by atoms with Gasteiger partial charge in [-0.1, -0.05) is 53.0 Å². The number of carbonyl (C=O) groups is 3. The minimum absolute atomic E-state index is 0.0521. The van der Waals surface area contributed by atoms with Crippen LogP contribution in [0, 0.1) is 0 Å². The normalized spacial score (nSPS) is 24.6. The van der Waals surface area contributed by atoms with Crippen molar-refractivity contribution in [3.05, 3.63) is 92.4 Å². The third kappa shape index (κ3) is 5.59. The zero-order chi connectivity index (χ0) is 31.4. The van der Waals surface area contributed by atoms with Crippen molar-refractivity contribution in [1.29, 1.82) is 0 Å². The van der Waals surface area contributed by atoms with Gasteiger partial charge >= 0.3 is 6.09 Å². The average Bonchev–Trinajstić information content (AvgIpc) is 3.52. The molecule has 1 spiro atoms. The van der Waals surface area contributed by atoms with Gasteiger partial charge in [0.15, 0.2) is 0 Å². The van der Waals surface area contributed by atoms with E-state index in [-0.39, 0.29) is 24.3 Å². The van der Waals surface area contributed by atoms with Gasteiger partial charge in [0.25, 0.3) is 0 Å². The van der Waals surface area contributed by atoms with Crippen LogP contribution >= 0.6 is 34.8 Å². The van der Waals surface area contributed by atoms with Crippen molar-refractivity contribution in [2.45, 2.75) is 62.7 Å². The molecule has 8 nitrogen and oxygen atoms in total. The predicted octanol–water partition coefficient (Wildman–Crippen LogP) is 7.27. The standard InChI is InChI=1S/C33H32Cl3N3O5/c1-32(2,3)44-31(42)39-12-11-22(17-39)43-27-10-8-20(35)14-23(27)29-33(24-9-7-21(36)15-26(24)37-30(33)41)25(16-28(40)38-29)18-5-4-6-19(34)13-18/h4-10,13-15,22,25,29H,11-12,16-17H2,1-3H3,(H,37,41)(H,38,40)/t22?,25-,29+,33-/m0/s1. The van der Waals surface area contributed by atoms with E-state index in [1.165, 1.54) is 0 Å². The summed E-state index contributed by atoms with van der Waals surface area (Å²) >= 11 is 19.3. The second-order valence-electron chi connectivity index (χ2n) is 12.5. The molecule has 230 valence electrons. The van der Waals surface area contributed by atoms with Crippen LogP contribution in [0.3, 0.4) is 0 Å². The van der Waals surface area contributed by atoms with Gasteiger partial charge in [0.2, 0.25) is 11.8 Å². The first kappa shape index (κ1) is 30.6. The lowest BCUT2D eigenvalue weighted by molar-refractivity contribution is -0.131. The van der Waals surface area contributed by atoms with E-state index in [0.29, 0.717) is 57.1 Å². The number of hydrogen-bond acceptors (Lipinski definition) is 5. The lowest BCUT2D eigenvalue weighted by Crippen LogP contribution is -2.57. The Kier molecular flexibility index (Phi) is 7.97. The Morgan fingerprint density at radius 1 is 0.977 bits per heavy atom. The van der Waals surface area contributed by atoms with Crippen molar-refractivity contribution < 1.29 is 23.9 Å². The van der Waals surface area contributed by atoms with Crippen molar-refractivity contribution in [2.75, 3.05) is 18.4 Å². The molecule has 0 aliphatic carbocycles. The number of ether oxygens (including phenoxy) is 2. The number of likely N-dealkylation sites (tertiary alicyclic amines) is 1. The van der Waals surface area contributed by atoms with Gasteiger partial charge in [-0.15, -0.1) is 0 Å². The number of rotatable bonds is 4. The van der Waals surface area contributed by atoms with E-state index >= 15 is 0 Å². The van der Waals surface area contributed by atoms with Crippen LogP contribution in [0.5, 0.6) is 5.75 Å². The van der Waals surface area contributed by atoms with E-state index in [1.54, 1.807) is 47.4 Å². The molecule has 0 bridgehead atoms. The van der Waals surface area contributed by atoms with E-state index in [9.17, 15) is 14.4 Å². The zero-order valence-corrected chi connectivity index (χ0v) is 26.7. The number of hydrogen-bond donors (Lipinski definition) is 2. The molecule has 1 unspecified atom stereocenters. The Balaban J connectivity index is 1.44. The van der Waals surface area contributed by atoms with E-state index in [0.717, 1.165) is 5.56 Å². The van der Waals surface area contributed by atoms with Gasteiger partial charge < -0.3 is 25.0 Å². The fourth-order valence-corrected chi connectivity index (χ4v) is 7.17. The van der Waals surface area contributed by atoms with Gasteiger partial charge in [-0.2, -0.15) is 0 Å². The van der Waals surface area contributed by atoms with Crippen LogP contribution in [0.4, 0.5) is 10.5 Å². The SMILES string of the molecule is CC(C)(C)OC(=O)N1CCC(Oc2ccc(Cl)cc2[C@H]2NC(=O)C[C@@H](c3cccc(Cl)c3)[C@]23C(=O)Nc2cc(Cl)ccc23)C1. The number of nitrogens with zero attached hydrogens (tertiary/aromatic N) is 1. The predicted molar refractivity (Wildman–Crippen MR) is 170 cm³/mol. The Morgan fingerprint density at radius 3 is 2.45 bits per heavy atom. The molecule has 0 saturated carbocycles. The molecule has 2 fully saturated rings. The molecule has 0 aromatic heterocycles. The number of carbonyl (C=O) groups excluding carboxylic acids is 3. The first-order valence-corrected chi connectivity index (χ1v) is 15.6. The number of nitrogens with one attached hydrogen (secondary N) is 2. The summed E-state index contributed by atoms with van der Waals surface area (Å²) in [5, 5.41) is 7.54. The van der Waals surface area contributed by atoms with Gasteiger partial charge in [0.1, 0.15) is 22.9 Å². The van der Waals surface area contributed by atoms with Gasteiger partial charge in [-0.05, 0) is 74.4 Å². The third-order valence-electron chi connectivity index (χ3n) is 8.38. The molecule has 4 atom stereocenters. The molecular weight excluding hydrogens is 625 g/mol.